The molecule has 0 saturated carbocycles. The first kappa shape index (κ1) is 19.6. The highest BCUT2D eigenvalue weighted by molar-refractivity contribution is 7.89. The van der Waals surface area contributed by atoms with Crippen molar-refractivity contribution >= 4 is 27.6 Å². The van der Waals surface area contributed by atoms with E-state index in [9.17, 15) is 22.4 Å². The van der Waals surface area contributed by atoms with Crippen LogP contribution in [0, 0.1) is 5.82 Å². The van der Waals surface area contributed by atoms with E-state index in [2.05, 4.69) is 14.8 Å². The smallest absolute Gasteiger partial charge is 0.354 e. The van der Waals surface area contributed by atoms with Crippen molar-refractivity contribution in [1.29, 1.82) is 0 Å². The molecule has 0 aliphatic rings. The number of nitrogens with one attached hydrogen (secondary N) is 2. The number of benzene rings is 1. The molecule has 2 N–H and O–H groups in total. The van der Waals surface area contributed by atoms with E-state index in [1.54, 1.807) is 0 Å². The minimum Gasteiger partial charge on any atom is -0.464 e. The Morgan fingerprint density at radius 3 is 2.50 bits per heavy atom. The van der Waals surface area contributed by atoms with Gasteiger partial charge in [-0.3, -0.25) is 4.79 Å². The second-order valence-electron chi connectivity index (χ2n) is 5.37. The van der Waals surface area contributed by atoms with Gasteiger partial charge in [0.2, 0.25) is 15.9 Å². The highest BCUT2D eigenvalue weighted by Gasteiger charge is 2.20. The molecule has 0 spiro atoms. The van der Waals surface area contributed by atoms with Gasteiger partial charge in [-0.05, 0) is 30.3 Å². The van der Waals surface area contributed by atoms with Crippen LogP contribution in [0.3, 0.4) is 0 Å². The largest absolute Gasteiger partial charge is 0.464 e. The Morgan fingerprint density at radius 1 is 1.23 bits per heavy atom. The lowest BCUT2D eigenvalue weighted by atomic mass is 10.3. The number of carbonyl (C=O) groups excluding carboxylic acids is 2. The van der Waals surface area contributed by atoms with Gasteiger partial charge in [0.25, 0.3) is 0 Å². The Morgan fingerprint density at radius 2 is 1.88 bits per heavy atom. The Bertz CT molecular complexity index is 906. The molecule has 1 amide bonds. The predicted molar refractivity (Wildman–Crippen MR) is 91.6 cm³/mol. The number of esters is 1. The summed E-state index contributed by atoms with van der Waals surface area (Å²) in [7, 11) is -1.17. The van der Waals surface area contributed by atoms with Crippen molar-refractivity contribution in [1.82, 2.24) is 9.29 Å². The van der Waals surface area contributed by atoms with Crippen LogP contribution >= 0.6 is 0 Å². The first-order valence-corrected chi connectivity index (χ1v) is 9.01. The zero-order chi connectivity index (χ0) is 19.3. The summed E-state index contributed by atoms with van der Waals surface area (Å²) in [6.07, 6.45) is 1.15. The van der Waals surface area contributed by atoms with Gasteiger partial charge in [-0.2, -0.15) is 0 Å². The molecule has 1 heterocycles. The minimum absolute atomic E-state index is 0.0851. The summed E-state index contributed by atoms with van der Waals surface area (Å²) in [5.41, 5.74) is 0.493. The number of methoxy groups -OCH3 is 1. The van der Waals surface area contributed by atoms with Crippen molar-refractivity contribution < 1.29 is 27.1 Å². The van der Waals surface area contributed by atoms with E-state index >= 15 is 0 Å². The number of halogens is 1. The molecule has 0 radical (unpaired) electrons. The van der Waals surface area contributed by atoms with Crippen molar-refractivity contribution in [2.45, 2.75) is 11.3 Å². The van der Waals surface area contributed by atoms with Crippen LogP contribution in [0.4, 0.5) is 10.1 Å². The van der Waals surface area contributed by atoms with Crippen molar-refractivity contribution in [3.05, 3.63) is 48.0 Å². The van der Waals surface area contributed by atoms with Gasteiger partial charge in [0.1, 0.15) is 16.4 Å². The third-order valence-corrected chi connectivity index (χ3v) is 4.88. The third kappa shape index (κ3) is 4.90. The van der Waals surface area contributed by atoms with Gasteiger partial charge in [0.15, 0.2) is 0 Å². The van der Waals surface area contributed by atoms with Crippen molar-refractivity contribution in [3.8, 4) is 0 Å². The highest BCUT2D eigenvalue weighted by atomic mass is 32.2. The van der Waals surface area contributed by atoms with E-state index in [-0.39, 0.29) is 23.6 Å². The van der Waals surface area contributed by atoms with E-state index in [4.69, 9.17) is 0 Å². The van der Waals surface area contributed by atoms with Crippen molar-refractivity contribution in [3.63, 3.8) is 0 Å². The molecule has 10 heteroatoms. The summed E-state index contributed by atoms with van der Waals surface area (Å²) in [6, 6.07) is 6.39. The number of aryl methyl sites for hydroxylation is 1. The van der Waals surface area contributed by atoms with E-state index in [0.29, 0.717) is 5.69 Å². The summed E-state index contributed by atoms with van der Waals surface area (Å²) in [6.45, 7) is -0.141. The lowest BCUT2D eigenvalue weighted by molar-refractivity contribution is -0.116. The van der Waals surface area contributed by atoms with Gasteiger partial charge in [-0.15, -0.1) is 0 Å². The molecular formula is C16H18FN3O5S. The lowest BCUT2D eigenvalue weighted by Gasteiger charge is -2.06. The molecule has 1 aromatic carbocycles. The van der Waals surface area contributed by atoms with Crippen LogP contribution in [0.1, 0.15) is 16.9 Å². The Labute approximate surface area is 150 Å². The zero-order valence-corrected chi connectivity index (χ0v) is 15.0. The molecule has 0 atom stereocenters. The average molecular weight is 383 g/mol. The Balaban J connectivity index is 1.92. The number of amides is 1. The molecule has 2 rings (SSSR count). The van der Waals surface area contributed by atoms with Crippen LogP contribution in [0.5, 0.6) is 0 Å². The number of anilines is 1. The number of ether oxygens (including phenoxy) is 1. The molecular weight excluding hydrogens is 365 g/mol. The third-order valence-electron chi connectivity index (χ3n) is 3.46. The average Bonchev–Trinajstić information content (AvgIpc) is 2.99. The van der Waals surface area contributed by atoms with Crippen LogP contribution in [0.25, 0.3) is 0 Å². The van der Waals surface area contributed by atoms with Crippen LogP contribution in [0.2, 0.25) is 0 Å². The molecule has 0 saturated heterocycles. The SMILES string of the molecule is COC(=O)c1cc(S(=O)(=O)NCCC(=O)Nc2ccc(F)cc2)cn1C. The van der Waals surface area contributed by atoms with E-state index in [1.807, 2.05) is 0 Å². The fourth-order valence-corrected chi connectivity index (χ4v) is 3.23. The van der Waals surface area contributed by atoms with Gasteiger partial charge in [-0.1, -0.05) is 0 Å². The lowest BCUT2D eigenvalue weighted by Crippen LogP contribution is -2.27. The number of carbonyl (C=O) groups is 2. The first-order chi connectivity index (χ1) is 12.2. The van der Waals surface area contributed by atoms with Gasteiger partial charge in [0.05, 0.1) is 7.11 Å². The topological polar surface area (TPSA) is 106 Å². The molecule has 140 valence electrons. The summed E-state index contributed by atoms with van der Waals surface area (Å²) >= 11 is 0. The van der Waals surface area contributed by atoms with Gasteiger partial charge >= 0.3 is 5.97 Å². The van der Waals surface area contributed by atoms with Crippen LogP contribution < -0.4 is 10.0 Å². The molecule has 0 aliphatic heterocycles. The molecule has 2 aromatic rings. The standard InChI is InChI=1S/C16H18FN3O5S/c1-20-10-13(9-14(20)16(22)25-2)26(23,24)18-8-7-15(21)19-12-5-3-11(17)4-6-12/h3-6,9-10,18H,7-8H2,1-2H3,(H,19,21). The van der Waals surface area contributed by atoms with Crippen LogP contribution in [0.15, 0.2) is 41.4 Å². The zero-order valence-electron chi connectivity index (χ0n) is 14.2. The maximum Gasteiger partial charge on any atom is 0.354 e. The first-order valence-electron chi connectivity index (χ1n) is 7.52. The summed E-state index contributed by atoms with van der Waals surface area (Å²) in [5, 5.41) is 2.53. The molecule has 8 nitrogen and oxygen atoms in total. The maximum atomic E-state index is 12.8. The summed E-state index contributed by atoms with van der Waals surface area (Å²) in [5.74, 6) is -1.51. The normalized spacial score (nSPS) is 11.2. The number of aromatic nitrogens is 1. The van der Waals surface area contributed by atoms with E-state index in [0.717, 1.165) is 0 Å². The summed E-state index contributed by atoms with van der Waals surface area (Å²) < 4.78 is 45.5. The predicted octanol–water partition coefficient (Wildman–Crippen LogP) is 1.26. The van der Waals surface area contributed by atoms with Crippen molar-refractivity contribution in [2.24, 2.45) is 7.05 Å². The number of hydrogen-bond acceptors (Lipinski definition) is 5. The molecule has 0 fully saturated rings. The van der Waals surface area contributed by atoms with Gasteiger partial charge < -0.3 is 14.6 Å². The minimum atomic E-state index is -3.89. The number of nitrogens with zero attached hydrogens (tertiary/aromatic N) is 1. The Kier molecular flexibility index (Phi) is 6.11. The maximum absolute atomic E-state index is 12.8. The molecule has 26 heavy (non-hydrogen) atoms. The quantitative estimate of drug-likeness (QED) is 0.700. The molecule has 1 aromatic heterocycles. The number of rotatable bonds is 7. The van der Waals surface area contributed by atoms with E-state index < -0.39 is 27.7 Å². The van der Waals surface area contributed by atoms with Gasteiger partial charge in [0, 0.05) is 31.9 Å². The second-order valence-corrected chi connectivity index (χ2v) is 7.13. The molecule has 0 aliphatic carbocycles. The summed E-state index contributed by atoms with van der Waals surface area (Å²) in [4.78, 5) is 23.2. The molecule has 0 bridgehead atoms. The number of hydrogen-bond donors (Lipinski definition) is 2. The van der Waals surface area contributed by atoms with Gasteiger partial charge in [-0.25, -0.2) is 22.3 Å². The van der Waals surface area contributed by atoms with E-state index in [1.165, 1.54) is 55.3 Å². The number of sulfonamides is 1. The fraction of sp³-hybridized carbons (Fsp3) is 0.250. The molecule has 0 unspecified atom stereocenters. The monoisotopic (exact) mass is 383 g/mol. The second kappa shape index (κ2) is 8.11. The Hall–Kier alpha value is -2.72. The van der Waals surface area contributed by atoms with Crippen LogP contribution in [-0.4, -0.2) is 38.5 Å². The van der Waals surface area contributed by atoms with Crippen LogP contribution in [-0.2, 0) is 26.6 Å². The fourth-order valence-electron chi connectivity index (χ4n) is 2.13. The van der Waals surface area contributed by atoms with Crippen molar-refractivity contribution in [2.75, 3.05) is 19.0 Å². The highest BCUT2D eigenvalue weighted by Crippen LogP contribution is 2.14.